The number of allylic oxidation sites excluding steroid dienone is 1. The van der Waals surface area contributed by atoms with Gasteiger partial charge in [-0.15, -0.1) is 0 Å². The molecule has 1 heterocycles. The van der Waals surface area contributed by atoms with Crippen LogP contribution in [-0.4, -0.2) is 14.7 Å². The van der Waals surface area contributed by atoms with Crippen molar-refractivity contribution in [3.8, 4) is 0 Å². The van der Waals surface area contributed by atoms with E-state index in [1.165, 1.54) is 5.56 Å². The molecule has 3 aromatic rings. The fourth-order valence-corrected chi connectivity index (χ4v) is 2.46. The van der Waals surface area contributed by atoms with Crippen LogP contribution in [0.2, 0.25) is 0 Å². The van der Waals surface area contributed by atoms with Crippen molar-refractivity contribution < 1.29 is 5.11 Å². The first-order valence-electron chi connectivity index (χ1n) is 7.10. The van der Waals surface area contributed by atoms with Gasteiger partial charge >= 0.3 is 0 Å². The van der Waals surface area contributed by atoms with Crippen LogP contribution in [0.1, 0.15) is 24.4 Å². The molecule has 0 unspecified atom stereocenters. The molecule has 0 amide bonds. The molecule has 1 atom stereocenters. The van der Waals surface area contributed by atoms with E-state index in [9.17, 15) is 5.11 Å². The summed E-state index contributed by atoms with van der Waals surface area (Å²) in [5, 5.41) is 9.91. The van der Waals surface area contributed by atoms with E-state index in [0.29, 0.717) is 12.4 Å². The Morgan fingerprint density at radius 3 is 2.57 bits per heavy atom. The number of rotatable bonds is 4. The third-order valence-corrected chi connectivity index (χ3v) is 3.46. The lowest BCUT2D eigenvalue weighted by Gasteiger charge is -2.08. The molecule has 3 rings (SSSR count). The van der Waals surface area contributed by atoms with Gasteiger partial charge in [-0.3, -0.25) is 0 Å². The predicted octanol–water partition coefficient (Wildman–Crippen LogP) is 3.80. The maximum Gasteiger partial charge on any atom is 0.138 e. The molecule has 21 heavy (non-hydrogen) atoms. The number of para-hydroxylation sites is 2. The van der Waals surface area contributed by atoms with Crippen molar-refractivity contribution >= 4 is 17.1 Å². The smallest absolute Gasteiger partial charge is 0.138 e. The number of aliphatic hydroxyl groups is 1. The van der Waals surface area contributed by atoms with E-state index in [0.717, 1.165) is 11.0 Å². The SMILES string of the molecule is C[C@H](O)c1nc2ccccc2n1CC=Cc1ccccc1. The number of fused-ring (bicyclic) bond motifs is 1. The summed E-state index contributed by atoms with van der Waals surface area (Å²) in [5.41, 5.74) is 3.13. The summed E-state index contributed by atoms with van der Waals surface area (Å²) in [6.07, 6.45) is 3.60. The van der Waals surface area contributed by atoms with Crippen LogP contribution in [0.15, 0.2) is 60.7 Å². The van der Waals surface area contributed by atoms with Gasteiger partial charge < -0.3 is 9.67 Å². The molecule has 0 saturated carbocycles. The van der Waals surface area contributed by atoms with Gasteiger partial charge in [0.25, 0.3) is 0 Å². The molecule has 3 heteroatoms. The predicted molar refractivity (Wildman–Crippen MR) is 85.8 cm³/mol. The van der Waals surface area contributed by atoms with Crippen LogP contribution in [0.5, 0.6) is 0 Å². The zero-order chi connectivity index (χ0) is 14.7. The Balaban J connectivity index is 1.92. The van der Waals surface area contributed by atoms with E-state index in [4.69, 9.17) is 0 Å². The van der Waals surface area contributed by atoms with Crippen molar-refractivity contribution in [2.24, 2.45) is 0 Å². The molecular formula is C18H18N2O. The largest absolute Gasteiger partial charge is 0.385 e. The summed E-state index contributed by atoms with van der Waals surface area (Å²) in [5.74, 6) is 0.703. The minimum atomic E-state index is -0.581. The Kier molecular flexibility index (Phi) is 3.84. The average molecular weight is 278 g/mol. The van der Waals surface area contributed by atoms with Gasteiger partial charge in [0.05, 0.1) is 11.0 Å². The molecule has 0 bridgehead atoms. The van der Waals surface area contributed by atoms with Gasteiger partial charge in [-0.05, 0) is 24.6 Å². The Bertz CT molecular complexity index is 757. The lowest BCUT2D eigenvalue weighted by atomic mass is 10.2. The summed E-state index contributed by atoms with van der Waals surface area (Å²) in [4.78, 5) is 4.52. The van der Waals surface area contributed by atoms with Crippen LogP contribution >= 0.6 is 0 Å². The molecule has 0 aliphatic carbocycles. The standard InChI is InChI=1S/C18H18N2O/c1-14(21)18-19-16-11-5-6-12-17(16)20(18)13-7-10-15-8-3-2-4-9-15/h2-12,14,21H,13H2,1H3/t14-/m0/s1. The molecule has 2 aromatic carbocycles. The van der Waals surface area contributed by atoms with Crippen molar-refractivity contribution in [1.29, 1.82) is 0 Å². The highest BCUT2D eigenvalue weighted by Gasteiger charge is 2.13. The molecule has 0 aliphatic heterocycles. The first-order valence-corrected chi connectivity index (χ1v) is 7.10. The molecule has 0 radical (unpaired) electrons. The quantitative estimate of drug-likeness (QED) is 0.788. The molecule has 106 valence electrons. The average Bonchev–Trinajstić information content (AvgIpc) is 2.88. The Morgan fingerprint density at radius 1 is 1.10 bits per heavy atom. The van der Waals surface area contributed by atoms with E-state index < -0.39 is 6.10 Å². The Labute approximate surface area is 124 Å². The second-order valence-corrected chi connectivity index (χ2v) is 5.06. The minimum Gasteiger partial charge on any atom is -0.385 e. The normalized spacial score (nSPS) is 13.0. The van der Waals surface area contributed by atoms with Crippen molar-refractivity contribution in [2.75, 3.05) is 0 Å². The molecule has 0 spiro atoms. The van der Waals surface area contributed by atoms with Crippen LogP contribution in [-0.2, 0) is 6.54 Å². The Hall–Kier alpha value is -2.39. The first kappa shape index (κ1) is 13.6. The second kappa shape index (κ2) is 5.94. The molecule has 0 aliphatic rings. The molecule has 0 fully saturated rings. The van der Waals surface area contributed by atoms with Crippen LogP contribution in [0.3, 0.4) is 0 Å². The third-order valence-electron chi connectivity index (χ3n) is 3.46. The summed E-state index contributed by atoms with van der Waals surface area (Å²) in [6, 6.07) is 18.1. The summed E-state index contributed by atoms with van der Waals surface area (Å²) in [7, 11) is 0. The van der Waals surface area contributed by atoms with Crippen LogP contribution in [0.25, 0.3) is 17.1 Å². The first-order chi connectivity index (χ1) is 10.3. The van der Waals surface area contributed by atoms with Gasteiger partial charge in [-0.25, -0.2) is 4.98 Å². The van der Waals surface area contributed by atoms with E-state index in [1.807, 2.05) is 42.5 Å². The molecule has 0 saturated heterocycles. The van der Waals surface area contributed by atoms with Gasteiger partial charge in [0.2, 0.25) is 0 Å². The van der Waals surface area contributed by atoms with Gasteiger partial charge in [-0.1, -0.05) is 54.6 Å². The number of aliphatic hydroxyl groups excluding tert-OH is 1. The monoisotopic (exact) mass is 278 g/mol. The summed E-state index contributed by atoms with van der Waals surface area (Å²) >= 11 is 0. The van der Waals surface area contributed by atoms with Crippen molar-refractivity contribution in [3.63, 3.8) is 0 Å². The third kappa shape index (κ3) is 2.88. The summed E-state index contributed by atoms with van der Waals surface area (Å²) in [6.45, 7) is 2.44. The maximum atomic E-state index is 9.91. The van der Waals surface area contributed by atoms with Gasteiger partial charge in [0, 0.05) is 6.54 Å². The van der Waals surface area contributed by atoms with Crippen LogP contribution in [0.4, 0.5) is 0 Å². The van der Waals surface area contributed by atoms with E-state index in [1.54, 1.807) is 6.92 Å². The Morgan fingerprint density at radius 2 is 1.81 bits per heavy atom. The molecular weight excluding hydrogens is 260 g/mol. The van der Waals surface area contributed by atoms with Gasteiger partial charge in [0.15, 0.2) is 0 Å². The highest BCUT2D eigenvalue weighted by molar-refractivity contribution is 5.76. The minimum absolute atomic E-state index is 0.581. The number of imidazole rings is 1. The summed E-state index contributed by atoms with van der Waals surface area (Å²) < 4.78 is 2.06. The topological polar surface area (TPSA) is 38.1 Å². The fourth-order valence-electron chi connectivity index (χ4n) is 2.46. The number of nitrogens with zero attached hydrogens (tertiary/aromatic N) is 2. The van der Waals surface area contributed by atoms with E-state index in [2.05, 4.69) is 33.8 Å². The number of benzene rings is 2. The molecule has 1 N–H and O–H groups in total. The van der Waals surface area contributed by atoms with Gasteiger partial charge in [-0.2, -0.15) is 0 Å². The zero-order valence-corrected chi connectivity index (χ0v) is 12.0. The highest BCUT2D eigenvalue weighted by atomic mass is 16.3. The van der Waals surface area contributed by atoms with E-state index >= 15 is 0 Å². The van der Waals surface area contributed by atoms with Crippen molar-refractivity contribution in [2.45, 2.75) is 19.6 Å². The molecule has 3 nitrogen and oxygen atoms in total. The number of hydrogen-bond donors (Lipinski definition) is 1. The number of hydrogen-bond acceptors (Lipinski definition) is 2. The van der Waals surface area contributed by atoms with Gasteiger partial charge in [0.1, 0.15) is 11.9 Å². The second-order valence-electron chi connectivity index (χ2n) is 5.06. The van der Waals surface area contributed by atoms with Crippen LogP contribution < -0.4 is 0 Å². The zero-order valence-electron chi connectivity index (χ0n) is 12.0. The lowest BCUT2D eigenvalue weighted by Crippen LogP contribution is -2.05. The highest BCUT2D eigenvalue weighted by Crippen LogP contribution is 2.20. The van der Waals surface area contributed by atoms with Crippen molar-refractivity contribution in [3.05, 3.63) is 72.1 Å². The maximum absolute atomic E-state index is 9.91. The number of aromatic nitrogens is 2. The van der Waals surface area contributed by atoms with Crippen molar-refractivity contribution in [1.82, 2.24) is 9.55 Å². The molecule has 1 aromatic heterocycles. The van der Waals surface area contributed by atoms with E-state index in [-0.39, 0.29) is 0 Å². The lowest BCUT2D eigenvalue weighted by molar-refractivity contribution is 0.185. The fraction of sp³-hybridized carbons (Fsp3) is 0.167. The van der Waals surface area contributed by atoms with Crippen LogP contribution in [0, 0.1) is 0 Å².